The molecule has 0 spiro atoms. The van der Waals surface area contributed by atoms with Crippen molar-refractivity contribution in [1.82, 2.24) is 4.90 Å². The van der Waals surface area contributed by atoms with Crippen molar-refractivity contribution in [2.24, 2.45) is 0 Å². The van der Waals surface area contributed by atoms with Gasteiger partial charge in [-0.15, -0.1) is 0 Å². The Morgan fingerprint density at radius 1 is 1.20 bits per heavy atom. The van der Waals surface area contributed by atoms with Crippen LogP contribution in [-0.2, 0) is 14.3 Å². The molecule has 2 amide bonds. The van der Waals surface area contributed by atoms with E-state index >= 15 is 0 Å². The van der Waals surface area contributed by atoms with Gasteiger partial charge in [-0.2, -0.15) is 0 Å². The topological polar surface area (TPSA) is 150 Å². The van der Waals surface area contributed by atoms with Crippen molar-refractivity contribution in [2.45, 2.75) is 25.8 Å². The number of likely N-dealkylation sites (tertiary alicyclic amines) is 1. The molecule has 11 heteroatoms. The van der Waals surface area contributed by atoms with Crippen LogP contribution in [-0.4, -0.2) is 45.2 Å². The Kier molecular flexibility index (Phi) is 5.05. The highest BCUT2D eigenvalue weighted by atomic mass is 16.6. The van der Waals surface area contributed by atoms with Crippen molar-refractivity contribution in [2.75, 3.05) is 6.61 Å². The molecule has 25 heavy (non-hydrogen) atoms. The van der Waals surface area contributed by atoms with Crippen LogP contribution in [0.2, 0.25) is 0 Å². The molecule has 0 aromatic heterocycles. The molecule has 1 saturated heterocycles. The second-order valence-corrected chi connectivity index (χ2v) is 5.13. The van der Waals surface area contributed by atoms with Gasteiger partial charge in [-0.25, -0.2) is 4.79 Å². The highest BCUT2D eigenvalue weighted by molar-refractivity contribution is 6.09. The molecule has 1 fully saturated rings. The predicted octanol–water partition coefficient (Wildman–Crippen LogP) is 1.20. The smallest absolute Gasteiger partial charge is 0.329 e. The van der Waals surface area contributed by atoms with E-state index < -0.39 is 50.6 Å². The summed E-state index contributed by atoms with van der Waals surface area (Å²) in [5.41, 5.74) is -1.76. The third-order valence-corrected chi connectivity index (χ3v) is 3.56. The molecule has 132 valence electrons. The number of hydrogen-bond donors (Lipinski definition) is 0. The number of nitrogens with zero attached hydrogens (tertiary/aromatic N) is 3. The van der Waals surface area contributed by atoms with Crippen LogP contribution in [0.4, 0.5) is 11.4 Å². The van der Waals surface area contributed by atoms with Crippen molar-refractivity contribution >= 4 is 29.2 Å². The van der Waals surface area contributed by atoms with Crippen LogP contribution in [0, 0.1) is 20.2 Å². The maximum Gasteiger partial charge on any atom is 0.329 e. The van der Waals surface area contributed by atoms with Crippen molar-refractivity contribution < 1.29 is 29.0 Å². The highest BCUT2D eigenvalue weighted by Gasteiger charge is 2.42. The Morgan fingerprint density at radius 3 is 2.24 bits per heavy atom. The molecular formula is C14H13N3O8. The highest BCUT2D eigenvalue weighted by Crippen LogP contribution is 2.27. The molecule has 1 aliphatic rings. The van der Waals surface area contributed by atoms with Gasteiger partial charge in [0.2, 0.25) is 5.91 Å². The molecule has 0 N–H and O–H groups in total. The van der Waals surface area contributed by atoms with E-state index in [0.717, 1.165) is 12.1 Å². The molecule has 11 nitrogen and oxygen atoms in total. The van der Waals surface area contributed by atoms with Gasteiger partial charge >= 0.3 is 5.97 Å². The summed E-state index contributed by atoms with van der Waals surface area (Å²) in [7, 11) is 0. The number of esters is 1. The number of amides is 2. The number of non-ortho nitro benzene ring substituents is 2. The zero-order chi connectivity index (χ0) is 18.7. The van der Waals surface area contributed by atoms with E-state index in [0.29, 0.717) is 11.0 Å². The molecule has 0 saturated carbocycles. The van der Waals surface area contributed by atoms with E-state index in [-0.39, 0.29) is 19.4 Å². The Bertz CT molecular complexity index is 743. The maximum absolute atomic E-state index is 12.6. The first-order valence-electron chi connectivity index (χ1n) is 7.23. The lowest BCUT2D eigenvalue weighted by atomic mass is 10.1. The molecule has 0 aliphatic carbocycles. The molecule has 0 bridgehead atoms. The van der Waals surface area contributed by atoms with Crippen molar-refractivity contribution in [3.63, 3.8) is 0 Å². The summed E-state index contributed by atoms with van der Waals surface area (Å²) < 4.78 is 4.81. The molecule has 1 atom stereocenters. The Labute approximate surface area is 140 Å². The Morgan fingerprint density at radius 2 is 1.76 bits per heavy atom. The second kappa shape index (κ2) is 7.03. The van der Waals surface area contributed by atoms with E-state index in [2.05, 4.69) is 0 Å². The van der Waals surface area contributed by atoms with Gasteiger partial charge in [0, 0.05) is 18.6 Å². The first-order chi connectivity index (χ1) is 11.8. The summed E-state index contributed by atoms with van der Waals surface area (Å²) in [6, 6.07) is 1.19. The maximum atomic E-state index is 12.6. The van der Waals surface area contributed by atoms with E-state index in [1.54, 1.807) is 6.92 Å². The van der Waals surface area contributed by atoms with Crippen molar-refractivity contribution in [1.29, 1.82) is 0 Å². The summed E-state index contributed by atoms with van der Waals surface area (Å²) in [4.78, 5) is 57.1. The SMILES string of the molecule is CCOC(=O)[C@H]1CCC(=O)N1C(=O)c1cc([N+](=O)[O-])cc([N+](=O)[O-])c1. The standard InChI is InChI=1S/C14H13N3O8/c1-2-25-14(20)11-3-4-12(18)15(11)13(19)8-5-9(16(21)22)7-10(6-8)17(23)24/h5-7,11H,2-4H2,1H3/t11-/m1/s1. The fourth-order valence-corrected chi connectivity index (χ4v) is 2.47. The number of carbonyl (C=O) groups excluding carboxylic acids is 3. The average Bonchev–Trinajstić information content (AvgIpc) is 2.95. The molecule has 1 aromatic carbocycles. The minimum atomic E-state index is -1.15. The number of carbonyl (C=O) groups is 3. The van der Waals surface area contributed by atoms with Gasteiger partial charge in [0.1, 0.15) is 6.04 Å². The fraction of sp³-hybridized carbons (Fsp3) is 0.357. The van der Waals surface area contributed by atoms with Crippen molar-refractivity contribution in [3.05, 3.63) is 44.0 Å². The first-order valence-corrected chi connectivity index (χ1v) is 7.23. The third kappa shape index (κ3) is 3.59. The van der Waals surface area contributed by atoms with Gasteiger partial charge in [-0.1, -0.05) is 0 Å². The lowest BCUT2D eigenvalue weighted by molar-refractivity contribution is -0.394. The zero-order valence-corrected chi connectivity index (χ0v) is 13.0. The quantitative estimate of drug-likeness (QED) is 0.332. The van der Waals surface area contributed by atoms with Crippen LogP contribution in [0.5, 0.6) is 0 Å². The molecule has 1 aliphatic heterocycles. The zero-order valence-electron chi connectivity index (χ0n) is 13.0. The summed E-state index contributed by atoms with van der Waals surface area (Å²) in [6.45, 7) is 1.61. The van der Waals surface area contributed by atoms with Crippen LogP contribution in [0.25, 0.3) is 0 Å². The molecule has 0 radical (unpaired) electrons. The molecule has 1 aromatic rings. The summed E-state index contributed by atoms with van der Waals surface area (Å²) in [5, 5.41) is 21.8. The fourth-order valence-electron chi connectivity index (χ4n) is 2.47. The summed E-state index contributed by atoms with van der Waals surface area (Å²) in [5.74, 6) is -2.45. The van der Waals surface area contributed by atoms with Crippen LogP contribution in [0.1, 0.15) is 30.1 Å². The molecule has 1 heterocycles. The van der Waals surface area contributed by atoms with Gasteiger partial charge in [0.05, 0.1) is 28.1 Å². The van der Waals surface area contributed by atoms with Crippen molar-refractivity contribution in [3.8, 4) is 0 Å². The number of imide groups is 1. The number of nitro groups is 2. The number of hydrogen-bond acceptors (Lipinski definition) is 8. The van der Waals surface area contributed by atoms with Gasteiger partial charge < -0.3 is 4.74 Å². The van der Waals surface area contributed by atoms with Crippen LogP contribution >= 0.6 is 0 Å². The minimum absolute atomic E-state index is 0.0494. The summed E-state index contributed by atoms with van der Waals surface area (Å²) >= 11 is 0. The molecule has 0 unspecified atom stereocenters. The minimum Gasteiger partial charge on any atom is -0.464 e. The van der Waals surface area contributed by atoms with Gasteiger partial charge in [-0.3, -0.25) is 34.7 Å². The normalized spacial score (nSPS) is 16.6. The number of benzene rings is 1. The van der Waals surface area contributed by atoms with E-state index in [1.807, 2.05) is 0 Å². The largest absolute Gasteiger partial charge is 0.464 e. The van der Waals surface area contributed by atoms with E-state index in [4.69, 9.17) is 4.74 Å². The predicted molar refractivity (Wildman–Crippen MR) is 80.6 cm³/mol. The number of nitro benzene ring substituents is 2. The van der Waals surface area contributed by atoms with Crippen LogP contribution in [0.3, 0.4) is 0 Å². The monoisotopic (exact) mass is 351 g/mol. The first kappa shape index (κ1) is 18.0. The number of rotatable bonds is 5. The van der Waals surface area contributed by atoms with E-state index in [1.165, 1.54) is 0 Å². The lowest BCUT2D eigenvalue weighted by Crippen LogP contribution is -2.43. The molecule has 2 rings (SSSR count). The van der Waals surface area contributed by atoms with E-state index in [9.17, 15) is 34.6 Å². The third-order valence-electron chi connectivity index (χ3n) is 3.56. The Balaban J connectivity index is 2.44. The number of ether oxygens (including phenoxy) is 1. The van der Waals surface area contributed by atoms with Gasteiger partial charge in [-0.05, 0) is 13.3 Å². The lowest BCUT2D eigenvalue weighted by Gasteiger charge is -2.21. The van der Waals surface area contributed by atoms with Gasteiger partial charge in [0.25, 0.3) is 17.3 Å². The average molecular weight is 351 g/mol. The summed E-state index contributed by atoms with van der Waals surface area (Å²) in [6.07, 6.45) is -0.0212. The van der Waals surface area contributed by atoms with Crippen LogP contribution in [0.15, 0.2) is 18.2 Å². The van der Waals surface area contributed by atoms with Gasteiger partial charge in [0.15, 0.2) is 0 Å². The Hall–Kier alpha value is -3.37. The van der Waals surface area contributed by atoms with Crippen LogP contribution < -0.4 is 0 Å². The molecular weight excluding hydrogens is 338 g/mol. The second-order valence-electron chi connectivity index (χ2n) is 5.13.